The van der Waals surface area contributed by atoms with Crippen LogP contribution in [0.3, 0.4) is 0 Å². The Morgan fingerprint density at radius 3 is 1.32 bits per heavy atom. The number of carbonyl (C=O) groups is 1. The molecule has 9 heteroatoms. The summed E-state index contributed by atoms with van der Waals surface area (Å²) in [6, 6.07) is -0.759. The molecule has 63 heavy (non-hydrogen) atoms. The summed E-state index contributed by atoms with van der Waals surface area (Å²) >= 11 is 0. The minimum Gasteiger partial charge on any atom is -0.391 e. The van der Waals surface area contributed by atoms with E-state index in [0.717, 1.165) is 51.4 Å². The number of phosphoric ester groups is 1. The number of aliphatic hydroxyl groups excluding tert-OH is 1. The lowest BCUT2D eigenvalue weighted by Crippen LogP contribution is -2.46. The molecule has 0 aliphatic rings. The second-order valence-electron chi connectivity index (χ2n) is 19.6. The van der Waals surface area contributed by atoms with Crippen LogP contribution in [-0.4, -0.2) is 73.4 Å². The Hall–Kier alpha value is -1.28. The SMILES string of the molecule is CCCCCCC/C=C\C/C=C\C/C=C\CCCCCCCCCCCCCCCCC(=O)NC(COP(=O)(O)OCC[N+](C)(C)C)C(O)CCCCCCCCCCCCCC. The number of phosphoric acid groups is 1. The molecule has 3 unspecified atom stereocenters. The van der Waals surface area contributed by atoms with Crippen molar-refractivity contribution in [3.8, 4) is 0 Å². The normalized spacial score (nSPS) is 14.3. The molecule has 0 bridgehead atoms. The van der Waals surface area contributed by atoms with Gasteiger partial charge in [0.1, 0.15) is 13.2 Å². The van der Waals surface area contributed by atoms with E-state index in [1.165, 1.54) is 173 Å². The molecule has 1 amide bonds. The Labute approximate surface area is 391 Å². The van der Waals surface area contributed by atoms with Gasteiger partial charge in [0, 0.05) is 6.42 Å². The molecule has 0 fully saturated rings. The van der Waals surface area contributed by atoms with Crippen LogP contribution in [0, 0.1) is 0 Å². The highest BCUT2D eigenvalue weighted by molar-refractivity contribution is 7.47. The quantitative estimate of drug-likeness (QED) is 0.0243. The van der Waals surface area contributed by atoms with Gasteiger partial charge in [-0.2, -0.15) is 0 Å². The molecule has 0 aliphatic carbocycles. The van der Waals surface area contributed by atoms with Crippen molar-refractivity contribution in [2.75, 3.05) is 40.9 Å². The van der Waals surface area contributed by atoms with Crippen LogP contribution in [0.1, 0.15) is 251 Å². The molecule has 0 saturated carbocycles. The molecule has 0 aromatic carbocycles. The van der Waals surface area contributed by atoms with Crippen molar-refractivity contribution in [1.82, 2.24) is 5.32 Å². The Morgan fingerprint density at radius 2 is 0.905 bits per heavy atom. The number of unbranched alkanes of at least 4 members (excludes halogenated alkanes) is 30. The highest BCUT2D eigenvalue weighted by atomic mass is 31.2. The minimum absolute atomic E-state index is 0.0750. The summed E-state index contributed by atoms with van der Waals surface area (Å²) in [5, 5.41) is 14.0. The molecular formula is C54H106N2O6P+. The number of carbonyl (C=O) groups excluding carboxylic acids is 1. The highest BCUT2D eigenvalue weighted by Crippen LogP contribution is 2.43. The molecule has 8 nitrogen and oxygen atoms in total. The molecule has 372 valence electrons. The Bertz CT molecular complexity index is 1120. The number of quaternary nitrogens is 1. The van der Waals surface area contributed by atoms with Crippen molar-refractivity contribution in [3.63, 3.8) is 0 Å². The minimum atomic E-state index is -4.31. The van der Waals surface area contributed by atoms with Crippen molar-refractivity contribution in [1.29, 1.82) is 0 Å². The maximum Gasteiger partial charge on any atom is 0.472 e. The van der Waals surface area contributed by atoms with E-state index in [9.17, 15) is 19.4 Å². The lowest BCUT2D eigenvalue weighted by atomic mass is 10.0. The Balaban J connectivity index is 4.07. The van der Waals surface area contributed by atoms with Gasteiger partial charge in [-0.05, 0) is 51.4 Å². The third-order valence-corrected chi connectivity index (χ3v) is 13.1. The first-order valence-corrected chi connectivity index (χ1v) is 28.3. The number of nitrogens with zero attached hydrogens (tertiary/aromatic N) is 1. The number of hydrogen-bond acceptors (Lipinski definition) is 5. The van der Waals surface area contributed by atoms with Gasteiger partial charge in [-0.25, -0.2) is 4.57 Å². The molecule has 3 atom stereocenters. The van der Waals surface area contributed by atoms with Crippen LogP contribution in [0.25, 0.3) is 0 Å². The first kappa shape index (κ1) is 61.7. The summed E-state index contributed by atoms with van der Waals surface area (Å²) in [7, 11) is 1.62. The van der Waals surface area contributed by atoms with Crippen molar-refractivity contribution >= 4 is 13.7 Å². The van der Waals surface area contributed by atoms with Crippen LogP contribution in [-0.2, 0) is 18.4 Å². The summed E-state index contributed by atoms with van der Waals surface area (Å²) in [6.07, 6.45) is 57.6. The van der Waals surface area contributed by atoms with E-state index in [-0.39, 0.29) is 19.1 Å². The summed E-state index contributed by atoms with van der Waals surface area (Å²) in [6.45, 7) is 4.88. The molecule has 0 rings (SSSR count). The van der Waals surface area contributed by atoms with Gasteiger partial charge in [-0.15, -0.1) is 0 Å². The predicted octanol–water partition coefficient (Wildman–Crippen LogP) is 15.8. The van der Waals surface area contributed by atoms with Crippen molar-refractivity contribution < 1.29 is 32.9 Å². The lowest BCUT2D eigenvalue weighted by molar-refractivity contribution is -0.870. The van der Waals surface area contributed by atoms with Crippen LogP contribution in [0.5, 0.6) is 0 Å². The Morgan fingerprint density at radius 1 is 0.540 bits per heavy atom. The molecule has 0 spiro atoms. The highest BCUT2D eigenvalue weighted by Gasteiger charge is 2.28. The van der Waals surface area contributed by atoms with Crippen molar-refractivity contribution in [2.24, 2.45) is 0 Å². The zero-order valence-electron chi connectivity index (χ0n) is 42.3. The van der Waals surface area contributed by atoms with Crippen LogP contribution >= 0.6 is 7.82 Å². The number of hydrogen-bond donors (Lipinski definition) is 3. The van der Waals surface area contributed by atoms with E-state index >= 15 is 0 Å². The van der Waals surface area contributed by atoms with Gasteiger partial charge < -0.3 is 19.8 Å². The fourth-order valence-corrected chi connectivity index (χ4v) is 8.61. The summed E-state index contributed by atoms with van der Waals surface area (Å²) in [5.41, 5.74) is 0. The van der Waals surface area contributed by atoms with Crippen LogP contribution in [0.2, 0.25) is 0 Å². The van der Waals surface area contributed by atoms with E-state index in [0.29, 0.717) is 23.9 Å². The maximum absolute atomic E-state index is 12.9. The van der Waals surface area contributed by atoms with Gasteiger partial charge in [-0.3, -0.25) is 13.8 Å². The smallest absolute Gasteiger partial charge is 0.391 e. The average molecular weight is 910 g/mol. The number of amides is 1. The van der Waals surface area contributed by atoms with Gasteiger partial charge in [0.2, 0.25) is 5.91 Å². The standard InChI is InChI=1S/C54H105N2O6P/c1-6-8-10-12-14-16-18-20-21-22-23-24-25-26-27-28-29-30-31-32-33-34-35-36-38-40-42-44-46-48-54(58)55-52(51-62-63(59,60)61-50-49-56(3,4)5)53(57)47-45-43-41-39-37-19-17-15-13-11-9-7-2/h18,20,22-23,25-26,52-53,57H,6-17,19,21,24,27-51H2,1-5H3,(H-,55,58,59,60)/p+1/b20-18-,23-22-,26-25-. The second kappa shape index (κ2) is 45.9. The summed E-state index contributed by atoms with van der Waals surface area (Å²) in [5.74, 6) is -0.145. The van der Waals surface area contributed by atoms with Crippen molar-refractivity contribution in [3.05, 3.63) is 36.5 Å². The zero-order valence-corrected chi connectivity index (χ0v) is 43.2. The van der Waals surface area contributed by atoms with Crippen LogP contribution in [0.4, 0.5) is 0 Å². The van der Waals surface area contributed by atoms with Gasteiger partial charge in [0.05, 0.1) is 39.9 Å². The fraction of sp³-hybridized carbons (Fsp3) is 0.870. The van der Waals surface area contributed by atoms with E-state index < -0.39 is 20.0 Å². The number of likely N-dealkylation sites (N-methyl/N-ethyl adjacent to an activating group) is 1. The molecule has 0 aromatic heterocycles. The lowest BCUT2D eigenvalue weighted by Gasteiger charge is -2.26. The number of nitrogens with one attached hydrogen (secondary N) is 1. The predicted molar refractivity (Wildman–Crippen MR) is 272 cm³/mol. The largest absolute Gasteiger partial charge is 0.472 e. The molecule has 0 aromatic rings. The maximum atomic E-state index is 12.9. The first-order chi connectivity index (χ1) is 30.5. The molecule has 0 radical (unpaired) electrons. The third kappa shape index (κ3) is 48.5. The number of aliphatic hydroxyl groups is 1. The van der Waals surface area contributed by atoms with Gasteiger partial charge in [0.25, 0.3) is 0 Å². The Kier molecular flexibility index (Phi) is 44.9. The first-order valence-electron chi connectivity index (χ1n) is 26.9. The molecule has 0 heterocycles. The van der Waals surface area contributed by atoms with Gasteiger partial charge >= 0.3 is 7.82 Å². The van der Waals surface area contributed by atoms with Gasteiger partial charge in [0.15, 0.2) is 0 Å². The van der Waals surface area contributed by atoms with E-state index in [2.05, 4.69) is 55.6 Å². The van der Waals surface area contributed by atoms with E-state index in [1.54, 1.807) is 0 Å². The zero-order chi connectivity index (χ0) is 46.4. The van der Waals surface area contributed by atoms with Gasteiger partial charge in [-0.1, -0.05) is 230 Å². The average Bonchev–Trinajstić information content (AvgIpc) is 3.24. The third-order valence-electron chi connectivity index (χ3n) is 12.1. The molecule has 3 N–H and O–H groups in total. The second-order valence-corrected chi connectivity index (χ2v) is 21.1. The van der Waals surface area contributed by atoms with Crippen LogP contribution < -0.4 is 5.32 Å². The fourth-order valence-electron chi connectivity index (χ4n) is 7.88. The van der Waals surface area contributed by atoms with Crippen molar-refractivity contribution in [2.45, 2.75) is 264 Å². The van der Waals surface area contributed by atoms with E-state index in [4.69, 9.17) is 9.05 Å². The van der Waals surface area contributed by atoms with E-state index in [1.807, 2.05) is 21.1 Å². The summed E-state index contributed by atoms with van der Waals surface area (Å²) < 4.78 is 23.7. The summed E-state index contributed by atoms with van der Waals surface area (Å²) in [4.78, 5) is 23.2. The molecular weight excluding hydrogens is 804 g/mol. The number of allylic oxidation sites excluding steroid dienone is 6. The number of rotatable bonds is 49. The topological polar surface area (TPSA) is 105 Å². The molecule has 0 saturated heterocycles. The molecule has 0 aliphatic heterocycles. The van der Waals surface area contributed by atoms with Crippen LogP contribution in [0.15, 0.2) is 36.5 Å². The monoisotopic (exact) mass is 910 g/mol.